The number of nitrogens with zero attached hydrogens (tertiary/aromatic N) is 4. The zero-order chi connectivity index (χ0) is 15.4. The number of carbonyl (C=O) groups excluding carboxylic acids is 1. The number of phenols is 1. The van der Waals surface area contributed by atoms with Crippen molar-refractivity contribution in [2.45, 2.75) is 5.16 Å². The molecule has 0 aliphatic carbocycles. The number of hydrogen-bond donors (Lipinski definition) is 3. The lowest BCUT2D eigenvalue weighted by atomic mass is 10.2. The summed E-state index contributed by atoms with van der Waals surface area (Å²) in [4.78, 5) is 22.6. The summed E-state index contributed by atoms with van der Waals surface area (Å²) in [6.45, 7) is 0. The molecule has 21 heavy (non-hydrogen) atoms. The van der Waals surface area contributed by atoms with Gasteiger partial charge >= 0.3 is 5.97 Å². The molecule has 1 aromatic carbocycles. The van der Waals surface area contributed by atoms with Crippen molar-refractivity contribution < 1.29 is 19.8 Å². The van der Waals surface area contributed by atoms with E-state index < -0.39 is 5.97 Å². The van der Waals surface area contributed by atoms with Crippen LogP contribution >= 0.6 is 11.8 Å². The third-order valence-corrected chi connectivity index (χ3v) is 3.43. The lowest BCUT2D eigenvalue weighted by Crippen LogP contribution is -2.15. The molecule has 1 aromatic heterocycles. The summed E-state index contributed by atoms with van der Waals surface area (Å²) < 4.78 is 1.43. The number of anilines is 1. The SMILES string of the molecule is Cn1nnnc1SCC(=O)Nc1ccc(O)c(C(=O)O)c1. The van der Waals surface area contributed by atoms with Crippen LogP contribution in [0.1, 0.15) is 10.4 Å². The van der Waals surface area contributed by atoms with Crippen LogP contribution in [-0.4, -0.2) is 48.0 Å². The number of aryl methyl sites for hydroxylation is 1. The zero-order valence-electron chi connectivity index (χ0n) is 10.8. The maximum Gasteiger partial charge on any atom is 0.339 e. The highest BCUT2D eigenvalue weighted by atomic mass is 32.2. The van der Waals surface area contributed by atoms with Gasteiger partial charge in [-0.05, 0) is 28.6 Å². The zero-order valence-corrected chi connectivity index (χ0v) is 11.7. The lowest BCUT2D eigenvalue weighted by Gasteiger charge is -2.06. The molecule has 0 atom stereocenters. The molecule has 0 saturated carbocycles. The largest absolute Gasteiger partial charge is 0.507 e. The molecule has 2 aromatic rings. The van der Waals surface area contributed by atoms with Crippen molar-refractivity contribution in [2.75, 3.05) is 11.1 Å². The van der Waals surface area contributed by atoms with E-state index in [1.54, 1.807) is 7.05 Å². The number of carbonyl (C=O) groups is 2. The summed E-state index contributed by atoms with van der Waals surface area (Å²) in [5.74, 6) is -1.91. The molecule has 0 saturated heterocycles. The Bertz CT molecular complexity index is 687. The summed E-state index contributed by atoms with van der Waals surface area (Å²) in [5.41, 5.74) is 0.00449. The van der Waals surface area contributed by atoms with Gasteiger partial charge in [0.05, 0.1) is 5.75 Å². The third kappa shape index (κ3) is 3.69. The molecule has 1 heterocycles. The number of amides is 1. The highest BCUT2D eigenvalue weighted by molar-refractivity contribution is 7.99. The Morgan fingerprint density at radius 1 is 1.43 bits per heavy atom. The standard InChI is InChI=1S/C11H11N5O4S/c1-16-11(13-14-15-16)21-5-9(18)12-6-2-3-8(17)7(4-6)10(19)20/h2-4,17H,5H2,1H3,(H,12,18)(H,19,20). The number of benzene rings is 1. The molecule has 0 spiro atoms. The number of hydrogen-bond acceptors (Lipinski definition) is 7. The summed E-state index contributed by atoms with van der Waals surface area (Å²) in [6, 6.07) is 3.80. The number of aromatic carboxylic acids is 1. The van der Waals surface area contributed by atoms with Crippen molar-refractivity contribution in [3.63, 3.8) is 0 Å². The van der Waals surface area contributed by atoms with Crippen LogP contribution in [0.15, 0.2) is 23.4 Å². The number of aromatic nitrogens is 4. The predicted octanol–water partition coefficient (Wildman–Crippen LogP) is 0.345. The first-order valence-electron chi connectivity index (χ1n) is 5.68. The van der Waals surface area contributed by atoms with Gasteiger partial charge in [-0.25, -0.2) is 9.48 Å². The normalized spacial score (nSPS) is 10.3. The molecular formula is C11H11N5O4S. The summed E-state index contributed by atoms with van der Waals surface area (Å²) in [7, 11) is 1.65. The maximum atomic E-state index is 11.8. The molecule has 9 nitrogen and oxygen atoms in total. The van der Waals surface area contributed by atoms with Crippen molar-refractivity contribution in [1.82, 2.24) is 20.2 Å². The van der Waals surface area contributed by atoms with Gasteiger partial charge in [-0.3, -0.25) is 4.79 Å². The predicted molar refractivity (Wildman–Crippen MR) is 73.2 cm³/mol. The van der Waals surface area contributed by atoms with Crippen LogP contribution in [0.2, 0.25) is 0 Å². The molecule has 2 rings (SSSR count). The van der Waals surface area contributed by atoms with Gasteiger partial charge in [0.25, 0.3) is 0 Å². The van der Waals surface area contributed by atoms with Crippen LogP contribution < -0.4 is 5.32 Å². The van der Waals surface area contributed by atoms with Crippen LogP contribution in [-0.2, 0) is 11.8 Å². The van der Waals surface area contributed by atoms with E-state index in [-0.39, 0.29) is 28.7 Å². The first-order valence-corrected chi connectivity index (χ1v) is 6.67. The first-order chi connectivity index (χ1) is 9.97. The summed E-state index contributed by atoms with van der Waals surface area (Å²) in [5, 5.41) is 32.1. The number of carboxylic acids is 1. The van der Waals surface area contributed by atoms with Crippen LogP contribution in [0.4, 0.5) is 5.69 Å². The second-order valence-corrected chi connectivity index (χ2v) is 4.90. The van der Waals surface area contributed by atoms with Crippen molar-refractivity contribution >= 4 is 29.3 Å². The minimum Gasteiger partial charge on any atom is -0.507 e. The van der Waals surface area contributed by atoms with Crippen LogP contribution in [0.25, 0.3) is 0 Å². The number of tetrazole rings is 1. The second kappa shape index (κ2) is 6.22. The molecule has 0 aliphatic heterocycles. The van der Waals surface area contributed by atoms with E-state index in [1.807, 2.05) is 0 Å². The van der Waals surface area contributed by atoms with Crippen LogP contribution in [0, 0.1) is 0 Å². The van der Waals surface area contributed by atoms with Crippen molar-refractivity contribution in [3.8, 4) is 5.75 Å². The van der Waals surface area contributed by atoms with E-state index in [2.05, 4.69) is 20.8 Å². The van der Waals surface area contributed by atoms with Gasteiger partial charge in [-0.2, -0.15) is 0 Å². The fourth-order valence-electron chi connectivity index (χ4n) is 1.46. The molecule has 3 N–H and O–H groups in total. The fourth-order valence-corrected chi connectivity index (χ4v) is 2.11. The second-order valence-electron chi connectivity index (χ2n) is 3.96. The minimum absolute atomic E-state index is 0.0670. The van der Waals surface area contributed by atoms with E-state index in [1.165, 1.54) is 22.9 Å². The minimum atomic E-state index is -1.27. The number of nitrogens with one attached hydrogen (secondary N) is 1. The van der Waals surface area contributed by atoms with Gasteiger partial charge in [0.15, 0.2) is 0 Å². The van der Waals surface area contributed by atoms with Gasteiger partial charge in [-0.1, -0.05) is 11.8 Å². The van der Waals surface area contributed by atoms with E-state index >= 15 is 0 Å². The average Bonchev–Trinajstić information content (AvgIpc) is 2.84. The van der Waals surface area contributed by atoms with Gasteiger partial charge in [0.1, 0.15) is 11.3 Å². The van der Waals surface area contributed by atoms with Crippen LogP contribution in [0.5, 0.6) is 5.75 Å². The van der Waals surface area contributed by atoms with E-state index in [0.717, 1.165) is 11.8 Å². The molecule has 1 amide bonds. The number of rotatable bonds is 5. The summed E-state index contributed by atoms with van der Waals surface area (Å²) in [6.07, 6.45) is 0. The topological polar surface area (TPSA) is 130 Å². The number of carboxylic acid groups (broad SMARTS) is 1. The smallest absolute Gasteiger partial charge is 0.339 e. The van der Waals surface area contributed by atoms with E-state index in [0.29, 0.717) is 5.16 Å². The third-order valence-electron chi connectivity index (χ3n) is 2.42. The lowest BCUT2D eigenvalue weighted by molar-refractivity contribution is -0.113. The summed E-state index contributed by atoms with van der Waals surface area (Å²) >= 11 is 1.14. The molecule has 0 fully saturated rings. The molecule has 0 aliphatic rings. The molecule has 110 valence electrons. The van der Waals surface area contributed by atoms with E-state index in [4.69, 9.17) is 5.11 Å². The van der Waals surface area contributed by atoms with Gasteiger partial charge in [0.2, 0.25) is 11.1 Å². The first kappa shape index (κ1) is 14.8. The van der Waals surface area contributed by atoms with Crippen molar-refractivity contribution in [2.24, 2.45) is 7.05 Å². The Balaban J connectivity index is 1.98. The maximum absolute atomic E-state index is 11.8. The highest BCUT2D eigenvalue weighted by Crippen LogP contribution is 2.22. The Morgan fingerprint density at radius 3 is 2.81 bits per heavy atom. The Morgan fingerprint density at radius 2 is 2.19 bits per heavy atom. The molecule has 0 radical (unpaired) electrons. The highest BCUT2D eigenvalue weighted by Gasteiger charge is 2.12. The van der Waals surface area contributed by atoms with Crippen LogP contribution in [0.3, 0.4) is 0 Å². The number of aromatic hydroxyl groups is 1. The Kier molecular flexibility index (Phi) is 4.38. The quantitative estimate of drug-likeness (QED) is 0.532. The average molecular weight is 309 g/mol. The monoisotopic (exact) mass is 309 g/mol. The molecule has 10 heteroatoms. The Labute approximate surface area is 123 Å². The van der Waals surface area contributed by atoms with Gasteiger partial charge in [0, 0.05) is 12.7 Å². The molecule has 0 bridgehead atoms. The molecule has 0 unspecified atom stereocenters. The van der Waals surface area contributed by atoms with Crippen molar-refractivity contribution in [1.29, 1.82) is 0 Å². The van der Waals surface area contributed by atoms with Crippen molar-refractivity contribution in [3.05, 3.63) is 23.8 Å². The van der Waals surface area contributed by atoms with Gasteiger partial charge < -0.3 is 15.5 Å². The Hall–Kier alpha value is -2.62. The molecular weight excluding hydrogens is 298 g/mol. The number of thioether (sulfide) groups is 1. The van der Waals surface area contributed by atoms with Gasteiger partial charge in [-0.15, -0.1) is 5.10 Å². The van der Waals surface area contributed by atoms with E-state index in [9.17, 15) is 14.7 Å². The fraction of sp³-hybridized carbons (Fsp3) is 0.182.